The first-order chi connectivity index (χ1) is 23.8. The Bertz CT molecular complexity index is 1040. The summed E-state index contributed by atoms with van der Waals surface area (Å²) in [5.41, 5.74) is 0. The second-order valence-corrected chi connectivity index (χ2v) is 12.0. The third-order valence-electron chi connectivity index (χ3n) is 7.59. The van der Waals surface area contributed by atoms with Gasteiger partial charge in [0, 0.05) is 26.1 Å². The van der Waals surface area contributed by atoms with Crippen LogP contribution in [0.3, 0.4) is 0 Å². The predicted molar refractivity (Wildman–Crippen MR) is 175 cm³/mol. The summed E-state index contributed by atoms with van der Waals surface area (Å²) >= 11 is 0. The van der Waals surface area contributed by atoms with E-state index in [1.807, 2.05) is 0 Å². The third kappa shape index (κ3) is 16.9. The topological polar surface area (TPSA) is 276 Å². The maximum atomic E-state index is 12.7. The zero-order valence-corrected chi connectivity index (χ0v) is 29.6. The molecule has 0 saturated carbocycles. The van der Waals surface area contributed by atoms with E-state index in [-0.39, 0.29) is 97.7 Å². The van der Waals surface area contributed by atoms with Gasteiger partial charge in [0.25, 0.3) is 0 Å². The van der Waals surface area contributed by atoms with Gasteiger partial charge in [0.15, 0.2) is 12.6 Å². The predicted octanol–water partition coefficient (Wildman–Crippen LogP) is -5.32. The molecule has 0 aliphatic carbocycles. The number of rotatable bonds is 23. The fourth-order valence-corrected chi connectivity index (χ4v) is 4.89. The summed E-state index contributed by atoms with van der Waals surface area (Å²) in [6, 6.07) is 0. The normalized spacial score (nSPS) is 28.2. The molecule has 0 radical (unpaired) electrons. The highest BCUT2D eigenvalue weighted by Crippen LogP contribution is 2.22. The van der Waals surface area contributed by atoms with Crippen molar-refractivity contribution in [1.82, 2.24) is 25.9 Å². The number of carbonyl (C=O) groups excluding carboxylic acids is 4. The third-order valence-corrected chi connectivity index (χ3v) is 7.91. The van der Waals surface area contributed by atoms with Crippen molar-refractivity contribution in [1.29, 1.82) is 0 Å². The van der Waals surface area contributed by atoms with Crippen LogP contribution >= 0.6 is 9.39 Å². The average Bonchev–Trinajstić information content (AvgIpc) is 3.07. The molecular weight excluding hydrogens is 689 g/mol. The first-order valence-corrected chi connectivity index (χ1v) is 17.0. The summed E-state index contributed by atoms with van der Waals surface area (Å²) in [4.78, 5) is 50.5. The lowest BCUT2D eigenvalue weighted by Crippen LogP contribution is -2.57. The molecule has 2 rings (SSSR count). The van der Waals surface area contributed by atoms with Crippen LogP contribution in [0.15, 0.2) is 0 Å². The molecule has 2 aliphatic heterocycles. The van der Waals surface area contributed by atoms with Crippen LogP contribution < -0.4 is 21.0 Å². The molecule has 2 aliphatic rings. The van der Waals surface area contributed by atoms with Crippen LogP contribution in [0.4, 0.5) is 0 Å². The van der Waals surface area contributed by atoms with E-state index in [0.29, 0.717) is 0 Å². The number of ether oxygens (including phenoxy) is 6. The Hall–Kier alpha value is -2.17. The van der Waals surface area contributed by atoms with Crippen molar-refractivity contribution in [2.45, 2.75) is 82.0 Å². The summed E-state index contributed by atoms with van der Waals surface area (Å²) in [6.07, 6.45) is -9.29. The van der Waals surface area contributed by atoms with E-state index in [1.165, 1.54) is 11.8 Å². The van der Waals surface area contributed by atoms with Gasteiger partial charge >= 0.3 is 0 Å². The van der Waals surface area contributed by atoms with Crippen molar-refractivity contribution in [3.63, 3.8) is 0 Å². The summed E-state index contributed by atoms with van der Waals surface area (Å²) in [5.74, 6) is -1.69. The van der Waals surface area contributed by atoms with E-state index >= 15 is 0 Å². The second kappa shape index (κ2) is 24.1. The Morgan fingerprint density at radius 1 is 0.640 bits per heavy atom. The van der Waals surface area contributed by atoms with Crippen LogP contribution in [0.25, 0.3) is 0 Å². The fraction of sp³-hybridized carbons (Fsp3) is 0.862. The van der Waals surface area contributed by atoms with Gasteiger partial charge in [-0.3, -0.25) is 24.1 Å². The number of carbonyl (C=O) groups is 4. The molecule has 0 aromatic heterocycles. The van der Waals surface area contributed by atoms with Crippen LogP contribution in [0.1, 0.15) is 26.7 Å². The molecule has 290 valence electrons. The molecule has 20 nitrogen and oxygen atoms in total. The standard InChI is InChI=1S/C29H54N5O15P/c1-17-19(35)13-20(36)28(48-17)46-9-5-31-23(39)15-34(14-22(38)30-4-8-45-12-11-44-7-3-21(37)33-50)16-24(40)32-6-10-47-29-27(43)26(42)25(41)18(2)49-29/h17-20,25-29,35-36,41-43H,3-16,50H2,1-2H3,(H,30,38)(H,31,39)(H,32,40)(H,33,37)/t17-,18-,19-,20-,25+,26+,27-,28+,29+/m0/s1. The van der Waals surface area contributed by atoms with Gasteiger partial charge in [0.05, 0.1) is 84.0 Å². The van der Waals surface area contributed by atoms with Crippen LogP contribution in [-0.4, -0.2) is 188 Å². The average molecular weight is 744 g/mol. The fourth-order valence-electron chi connectivity index (χ4n) is 4.74. The van der Waals surface area contributed by atoms with Gasteiger partial charge in [-0.25, -0.2) is 0 Å². The number of nitrogens with one attached hydrogen (secondary N) is 4. The molecule has 2 heterocycles. The molecule has 2 fully saturated rings. The lowest BCUT2D eigenvalue weighted by Gasteiger charge is -2.38. The van der Waals surface area contributed by atoms with Gasteiger partial charge in [0.1, 0.15) is 24.4 Å². The van der Waals surface area contributed by atoms with Crippen molar-refractivity contribution < 1.29 is 73.1 Å². The monoisotopic (exact) mass is 743 g/mol. The Morgan fingerprint density at radius 3 is 1.70 bits per heavy atom. The van der Waals surface area contributed by atoms with Crippen molar-refractivity contribution in [3.8, 4) is 0 Å². The zero-order chi connectivity index (χ0) is 37.1. The van der Waals surface area contributed by atoms with Crippen LogP contribution in [0, 0.1) is 0 Å². The van der Waals surface area contributed by atoms with E-state index in [4.69, 9.17) is 28.4 Å². The molecular formula is C29H54N5O15P. The van der Waals surface area contributed by atoms with Crippen LogP contribution in [-0.2, 0) is 47.6 Å². The van der Waals surface area contributed by atoms with E-state index in [1.54, 1.807) is 6.92 Å². The Balaban J connectivity index is 1.77. The smallest absolute Gasteiger partial charge is 0.234 e. The highest BCUT2D eigenvalue weighted by molar-refractivity contribution is 7.15. The minimum absolute atomic E-state index is 0.0102. The van der Waals surface area contributed by atoms with E-state index in [2.05, 4.69) is 30.4 Å². The SMILES string of the molecule is C[C@@H]1O[C@@H](OCCNC(=O)CN(CC(=O)NCCOCCOCCC(=O)NP)CC(=O)NCCO[C@@H]2O[C@@H](C)[C@@H](O)C[C@@H]2O)[C@@H](O)[C@H](O)[C@@H]1O. The number of hydrogen-bond donors (Lipinski definition) is 9. The number of aliphatic hydroxyl groups is 5. The van der Waals surface area contributed by atoms with Gasteiger partial charge in [-0.05, 0) is 23.2 Å². The van der Waals surface area contributed by atoms with Gasteiger partial charge in [0.2, 0.25) is 23.6 Å². The molecule has 21 heteroatoms. The lowest BCUT2D eigenvalue weighted by molar-refractivity contribution is -0.292. The number of nitrogens with zero attached hydrogens (tertiary/aromatic N) is 1. The molecule has 0 spiro atoms. The molecule has 9 N–H and O–H groups in total. The van der Waals surface area contributed by atoms with Gasteiger partial charge < -0.3 is 75.0 Å². The molecule has 0 aromatic carbocycles. The van der Waals surface area contributed by atoms with Crippen LogP contribution in [0.2, 0.25) is 0 Å². The first kappa shape index (κ1) is 44.0. The molecule has 10 atom stereocenters. The maximum absolute atomic E-state index is 12.7. The molecule has 0 bridgehead atoms. The van der Waals surface area contributed by atoms with Crippen molar-refractivity contribution in [2.75, 3.05) is 78.9 Å². The Kier molecular flexibility index (Phi) is 21.2. The van der Waals surface area contributed by atoms with Crippen molar-refractivity contribution in [2.24, 2.45) is 0 Å². The quantitative estimate of drug-likeness (QED) is 0.0349. The summed E-state index contributed by atoms with van der Waals surface area (Å²) in [7, 11) is 2.11. The van der Waals surface area contributed by atoms with Crippen molar-refractivity contribution in [3.05, 3.63) is 0 Å². The summed E-state index contributed by atoms with van der Waals surface area (Å²) < 4.78 is 32.3. The van der Waals surface area contributed by atoms with Gasteiger partial charge in [-0.2, -0.15) is 0 Å². The molecule has 4 amide bonds. The number of hydrogen-bond acceptors (Lipinski definition) is 16. The molecule has 2 saturated heterocycles. The minimum Gasteiger partial charge on any atom is -0.390 e. The largest absolute Gasteiger partial charge is 0.390 e. The minimum atomic E-state index is -1.50. The van der Waals surface area contributed by atoms with Crippen molar-refractivity contribution >= 4 is 33.0 Å². The molecule has 0 aromatic rings. The van der Waals surface area contributed by atoms with E-state index in [0.717, 1.165) is 0 Å². The summed E-state index contributed by atoms with van der Waals surface area (Å²) in [6.45, 7) is 3.15. The maximum Gasteiger partial charge on any atom is 0.234 e. The highest BCUT2D eigenvalue weighted by Gasteiger charge is 2.42. The lowest BCUT2D eigenvalue weighted by atomic mass is 10.0. The Labute approximate surface area is 293 Å². The summed E-state index contributed by atoms with van der Waals surface area (Å²) in [5, 5.41) is 59.9. The van der Waals surface area contributed by atoms with Crippen LogP contribution in [0.5, 0.6) is 0 Å². The Morgan fingerprint density at radius 2 is 1.14 bits per heavy atom. The second-order valence-electron chi connectivity index (χ2n) is 11.7. The zero-order valence-electron chi connectivity index (χ0n) is 28.4. The van der Waals surface area contributed by atoms with E-state index < -0.39 is 73.0 Å². The highest BCUT2D eigenvalue weighted by atomic mass is 31.0. The molecule has 50 heavy (non-hydrogen) atoms. The van der Waals surface area contributed by atoms with Gasteiger partial charge in [-0.15, -0.1) is 0 Å². The van der Waals surface area contributed by atoms with Gasteiger partial charge in [-0.1, -0.05) is 0 Å². The molecule has 1 unspecified atom stereocenters. The van der Waals surface area contributed by atoms with E-state index in [9.17, 15) is 44.7 Å². The number of aliphatic hydroxyl groups excluding tert-OH is 5. The number of amides is 4. The first-order valence-electron chi connectivity index (χ1n) is 16.4.